The summed E-state index contributed by atoms with van der Waals surface area (Å²) in [6, 6.07) is 25.5. The predicted octanol–water partition coefficient (Wildman–Crippen LogP) is 4.71. The normalized spacial score (nSPS) is 11.9. The molecule has 0 bridgehead atoms. The molecule has 3 aromatic carbocycles. The van der Waals surface area contributed by atoms with Crippen molar-refractivity contribution >= 4 is 16.8 Å². The second-order valence-electron chi connectivity index (χ2n) is 6.76. The molecule has 0 saturated heterocycles. The first-order chi connectivity index (χ1) is 13.7. The molecule has 0 spiro atoms. The monoisotopic (exact) mass is 370 g/mol. The number of carbonyl (C=O) groups is 1. The maximum atomic E-state index is 13.2. The molecule has 0 aliphatic carbocycles. The second kappa shape index (κ2) is 7.61. The molecule has 0 aliphatic heterocycles. The number of aryl methyl sites for hydroxylation is 1. The lowest BCUT2D eigenvalue weighted by molar-refractivity contribution is 0.0944. The topological polar surface area (TPSA) is 43.3 Å². The van der Waals surface area contributed by atoms with Gasteiger partial charge in [0.1, 0.15) is 5.75 Å². The van der Waals surface area contributed by atoms with Gasteiger partial charge in [0.25, 0.3) is 5.91 Å². The second-order valence-corrected chi connectivity index (χ2v) is 6.76. The van der Waals surface area contributed by atoms with E-state index in [1.165, 1.54) is 0 Å². The number of aromatic nitrogens is 1. The quantitative estimate of drug-likeness (QED) is 0.553. The van der Waals surface area contributed by atoms with Gasteiger partial charge in [-0.1, -0.05) is 60.7 Å². The molecule has 0 aliphatic rings. The van der Waals surface area contributed by atoms with Crippen LogP contribution in [0.1, 0.15) is 27.5 Å². The maximum Gasteiger partial charge on any atom is 0.254 e. The molecule has 4 nitrogen and oxygen atoms in total. The zero-order valence-electron chi connectivity index (χ0n) is 15.9. The highest BCUT2D eigenvalue weighted by Crippen LogP contribution is 2.26. The minimum atomic E-state index is -0.251. The zero-order valence-corrected chi connectivity index (χ0v) is 15.9. The number of rotatable bonds is 5. The average molecular weight is 370 g/mol. The van der Waals surface area contributed by atoms with E-state index in [1.54, 1.807) is 7.11 Å². The number of amides is 1. The molecular weight excluding hydrogens is 348 g/mol. The van der Waals surface area contributed by atoms with Crippen LogP contribution in [0.2, 0.25) is 0 Å². The molecule has 0 fully saturated rings. The Morgan fingerprint density at radius 2 is 1.54 bits per heavy atom. The molecule has 4 rings (SSSR count). The molecule has 4 heteroatoms. The van der Waals surface area contributed by atoms with E-state index >= 15 is 0 Å². The minimum Gasteiger partial charge on any atom is -0.497 e. The number of methoxy groups -OCH3 is 1. The Balaban J connectivity index is 1.71. The third-order valence-electron chi connectivity index (χ3n) is 5.00. The number of para-hydroxylation sites is 1. The third kappa shape index (κ3) is 3.37. The van der Waals surface area contributed by atoms with Crippen LogP contribution < -0.4 is 10.1 Å². The van der Waals surface area contributed by atoms with Crippen LogP contribution in [0.15, 0.2) is 85.1 Å². The van der Waals surface area contributed by atoms with Crippen molar-refractivity contribution in [2.75, 3.05) is 7.11 Å². The van der Waals surface area contributed by atoms with Gasteiger partial charge in [0.05, 0.1) is 18.7 Å². The molecule has 0 radical (unpaired) electrons. The van der Waals surface area contributed by atoms with E-state index in [4.69, 9.17) is 4.74 Å². The highest BCUT2D eigenvalue weighted by molar-refractivity contribution is 6.07. The standard InChI is InChI=1S/C24H22N2O2/c1-26-16-21(20-10-6-7-11-22(20)26)24(27)25-23(17-8-4-3-5-9-17)18-12-14-19(28-2)15-13-18/h3-16,23H,1-2H3,(H,25,27)/t23-/m0/s1. The molecule has 1 heterocycles. The van der Waals surface area contributed by atoms with E-state index in [-0.39, 0.29) is 11.9 Å². The van der Waals surface area contributed by atoms with Crippen LogP contribution in [0.4, 0.5) is 0 Å². The van der Waals surface area contributed by atoms with Crippen molar-refractivity contribution in [1.82, 2.24) is 9.88 Å². The third-order valence-corrected chi connectivity index (χ3v) is 5.00. The fourth-order valence-corrected chi connectivity index (χ4v) is 3.53. The molecule has 1 amide bonds. The van der Waals surface area contributed by atoms with Gasteiger partial charge in [0, 0.05) is 24.1 Å². The summed E-state index contributed by atoms with van der Waals surface area (Å²) in [6.45, 7) is 0. The maximum absolute atomic E-state index is 13.2. The van der Waals surface area contributed by atoms with Crippen molar-refractivity contribution in [2.24, 2.45) is 7.05 Å². The molecule has 1 N–H and O–H groups in total. The lowest BCUT2D eigenvalue weighted by Crippen LogP contribution is -2.29. The fourth-order valence-electron chi connectivity index (χ4n) is 3.53. The summed E-state index contributed by atoms with van der Waals surface area (Å²) in [7, 11) is 3.60. The first kappa shape index (κ1) is 17.9. The van der Waals surface area contributed by atoms with Crippen LogP contribution in [-0.2, 0) is 7.05 Å². The van der Waals surface area contributed by atoms with Crippen LogP contribution in [0.3, 0.4) is 0 Å². The first-order valence-electron chi connectivity index (χ1n) is 9.21. The number of hydrogen-bond donors (Lipinski definition) is 1. The largest absolute Gasteiger partial charge is 0.497 e. The van der Waals surface area contributed by atoms with Crippen molar-refractivity contribution < 1.29 is 9.53 Å². The number of ether oxygens (including phenoxy) is 1. The van der Waals surface area contributed by atoms with Crippen molar-refractivity contribution in [2.45, 2.75) is 6.04 Å². The highest BCUT2D eigenvalue weighted by Gasteiger charge is 2.20. The number of nitrogens with one attached hydrogen (secondary N) is 1. The molecule has 4 aromatic rings. The molecule has 28 heavy (non-hydrogen) atoms. The van der Waals surface area contributed by atoms with Crippen LogP contribution >= 0.6 is 0 Å². The number of nitrogens with zero attached hydrogens (tertiary/aromatic N) is 1. The van der Waals surface area contributed by atoms with Gasteiger partial charge in [0.2, 0.25) is 0 Å². The Labute approximate surface area is 164 Å². The van der Waals surface area contributed by atoms with Gasteiger partial charge >= 0.3 is 0 Å². The Morgan fingerprint density at radius 1 is 0.893 bits per heavy atom. The van der Waals surface area contributed by atoms with E-state index < -0.39 is 0 Å². The summed E-state index contributed by atoms with van der Waals surface area (Å²) < 4.78 is 7.25. The minimum absolute atomic E-state index is 0.0959. The number of fused-ring (bicyclic) bond motifs is 1. The van der Waals surface area contributed by atoms with Crippen molar-refractivity contribution in [3.05, 3.63) is 102 Å². The molecule has 1 atom stereocenters. The Hall–Kier alpha value is -3.53. The first-order valence-corrected chi connectivity index (χ1v) is 9.21. The molecular formula is C24H22N2O2. The molecule has 1 aromatic heterocycles. The fraction of sp³-hybridized carbons (Fsp3) is 0.125. The van der Waals surface area contributed by atoms with Crippen molar-refractivity contribution in [1.29, 1.82) is 0 Å². The SMILES string of the molecule is COc1ccc([C@@H](NC(=O)c2cn(C)c3ccccc23)c2ccccc2)cc1. The van der Waals surface area contributed by atoms with Crippen LogP contribution in [0.5, 0.6) is 5.75 Å². The highest BCUT2D eigenvalue weighted by atomic mass is 16.5. The smallest absolute Gasteiger partial charge is 0.254 e. The molecule has 0 unspecified atom stereocenters. The van der Waals surface area contributed by atoms with Crippen molar-refractivity contribution in [3.8, 4) is 5.75 Å². The number of carbonyl (C=O) groups excluding carboxylic acids is 1. The van der Waals surface area contributed by atoms with Crippen LogP contribution in [-0.4, -0.2) is 17.6 Å². The molecule has 0 saturated carbocycles. The van der Waals surface area contributed by atoms with Gasteiger partial charge in [0.15, 0.2) is 0 Å². The number of hydrogen-bond acceptors (Lipinski definition) is 2. The van der Waals surface area contributed by atoms with Gasteiger partial charge < -0.3 is 14.6 Å². The van der Waals surface area contributed by atoms with Gasteiger partial charge in [-0.25, -0.2) is 0 Å². The van der Waals surface area contributed by atoms with Gasteiger partial charge in [-0.15, -0.1) is 0 Å². The van der Waals surface area contributed by atoms with E-state index in [2.05, 4.69) is 5.32 Å². The molecule has 140 valence electrons. The lowest BCUT2D eigenvalue weighted by atomic mass is 9.98. The lowest BCUT2D eigenvalue weighted by Gasteiger charge is -2.20. The van der Waals surface area contributed by atoms with E-state index in [9.17, 15) is 4.79 Å². The van der Waals surface area contributed by atoms with E-state index in [0.717, 1.165) is 27.8 Å². The zero-order chi connectivity index (χ0) is 19.5. The Morgan fingerprint density at radius 3 is 2.25 bits per heavy atom. The number of benzene rings is 3. The predicted molar refractivity (Wildman–Crippen MR) is 112 cm³/mol. The van der Waals surface area contributed by atoms with E-state index in [0.29, 0.717) is 5.56 Å². The summed E-state index contributed by atoms with van der Waals surface area (Å²) in [5.74, 6) is 0.692. The Kier molecular flexibility index (Phi) is 4.85. The summed E-state index contributed by atoms with van der Waals surface area (Å²) >= 11 is 0. The van der Waals surface area contributed by atoms with Gasteiger partial charge in [-0.2, -0.15) is 0 Å². The van der Waals surface area contributed by atoms with Crippen LogP contribution in [0.25, 0.3) is 10.9 Å². The van der Waals surface area contributed by atoms with E-state index in [1.807, 2.05) is 96.7 Å². The van der Waals surface area contributed by atoms with Gasteiger partial charge in [-0.3, -0.25) is 4.79 Å². The van der Waals surface area contributed by atoms with Gasteiger partial charge in [-0.05, 0) is 29.3 Å². The summed E-state index contributed by atoms with van der Waals surface area (Å²) in [6.07, 6.45) is 1.88. The summed E-state index contributed by atoms with van der Waals surface area (Å²) in [5, 5.41) is 4.16. The summed E-state index contributed by atoms with van der Waals surface area (Å²) in [5.41, 5.74) is 3.74. The summed E-state index contributed by atoms with van der Waals surface area (Å²) in [4.78, 5) is 13.2. The van der Waals surface area contributed by atoms with Crippen LogP contribution in [0, 0.1) is 0 Å². The Bertz CT molecular complexity index is 1100. The average Bonchev–Trinajstić information content (AvgIpc) is 3.10. The van der Waals surface area contributed by atoms with Crippen molar-refractivity contribution in [3.63, 3.8) is 0 Å².